The van der Waals surface area contributed by atoms with Gasteiger partial charge in [-0.15, -0.1) is 0 Å². The number of rotatable bonds is 12. The Balaban J connectivity index is 1.93. The fourth-order valence-electron chi connectivity index (χ4n) is 4.21. The molecule has 1 aromatic carbocycles. The van der Waals surface area contributed by atoms with E-state index in [1.54, 1.807) is 0 Å². The van der Waals surface area contributed by atoms with Crippen LogP contribution in [0.1, 0.15) is 51.5 Å². The molecular formula is C24H40N3O5P. The molecule has 186 valence electrons. The van der Waals surface area contributed by atoms with E-state index in [0.29, 0.717) is 0 Å². The highest BCUT2D eigenvalue weighted by molar-refractivity contribution is 7.58. The molecule has 1 aliphatic carbocycles. The molecule has 8 nitrogen and oxygen atoms in total. The number of hydrogen-bond acceptors (Lipinski definition) is 5. The first kappa shape index (κ1) is 27.5. The van der Waals surface area contributed by atoms with E-state index >= 15 is 0 Å². The maximum absolute atomic E-state index is 12.9. The minimum atomic E-state index is -3.49. The second kappa shape index (κ2) is 13.2. The first-order valence-electron chi connectivity index (χ1n) is 11.9. The smallest absolute Gasteiger partial charge is 0.243 e. The Labute approximate surface area is 197 Å². The molecule has 2 rings (SSSR count). The highest BCUT2D eigenvalue weighted by Crippen LogP contribution is 2.45. The number of amides is 2. The van der Waals surface area contributed by atoms with Crippen LogP contribution in [0.3, 0.4) is 0 Å². The van der Waals surface area contributed by atoms with E-state index in [1.165, 1.54) is 6.42 Å². The minimum absolute atomic E-state index is 0.0879. The van der Waals surface area contributed by atoms with Gasteiger partial charge < -0.3 is 26.4 Å². The van der Waals surface area contributed by atoms with Crippen LogP contribution in [-0.4, -0.2) is 58.9 Å². The molecule has 1 aliphatic rings. The second-order valence-corrected chi connectivity index (χ2v) is 12.1. The monoisotopic (exact) mass is 481 g/mol. The lowest BCUT2D eigenvalue weighted by molar-refractivity contribution is -0.130. The van der Waals surface area contributed by atoms with E-state index < -0.39 is 37.4 Å². The maximum Gasteiger partial charge on any atom is 0.243 e. The van der Waals surface area contributed by atoms with Crippen LogP contribution in [0.4, 0.5) is 0 Å². The molecule has 0 spiro atoms. The number of hydrogen-bond donors (Lipinski definition) is 5. The summed E-state index contributed by atoms with van der Waals surface area (Å²) in [5, 5.41) is 15.7. The number of carbonyl (C=O) groups is 2. The van der Waals surface area contributed by atoms with Crippen molar-refractivity contribution in [3.05, 3.63) is 35.9 Å². The molecule has 1 aromatic rings. The zero-order valence-corrected chi connectivity index (χ0v) is 20.7. The average molecular weight is 482 g/mol. The van der Waals surface area contributed by atoms with Gasteiger partial charge in [-0.1, -0.05) is 63.4 Å². The van der Waals surface area contributed by atoms with Crippen LogP contribution in [0.15, 0.2) is 30.3 Å². The van der Waals surface area contributed by atoms with Crippen LogP contribution in [0.2, 0.25) is 0 Å². The van der Waals surface area contributed by atoms with Crippen LogP contribution in [0.5, 0.6) is 0 Å². The third-order valence-electron chi connectivity index (χ3n) is 6.21. The van der Waals surface area contributed by atoms with E-state index in [4.69, 9.17) is 5.73 Å². The number of carbonyl (C=O) groups excluding carboxylic acids is 2. The molecular weight excluding hydrogens is 441 g/mol. The van der Waals surface area contributed by atoms with Crippen molar-refractivity contribution in [3.63, 3.8) is 0 Å². The quantitative estimate of drug-likeness (QED) is 0.289. The van der Waals surface area contributed by atoms with Crippen molar-refractivity contribution in [1.29, 1.82) is 0 Å². The second-order valence-electron chi connectivity index (χ2n) is 9.64. The average Bonchev–Trinajstić information content (AvgIpc) is 2.77. The lowest BCUT2D eigenvalue weighted by Gasteiger charge is -2.25. The summed E-state index contributed by atoms with van der Waals surface area (Å²) >= 11 is 0. The molecule has 0 radical (unpaired) electrons. The van der Waals surface area contributed by atoms with Gasteiger partial charge in [0.15, 0.2) is 0 Å². The van der Waals surface area contributed by atoms with Crippen molar-refractivity contribution < 1.29 is 24.2 Å². The van der Waals surface area contributed by atoms with Gasteiger partial charge in [-0.05, 0) is 30.2 Å². The number of benzene rings is 1. The lowest BCUT2D eigenvalue weighted by atomic mass is 9.91. The molecule has 2 amide bonds. The van der Waals surface area contributed by atoms with Gasteiger partial charge in [0.1, 0.15) is 6.04 Å². The number of nitrogens with one attached hydrogen (secondary N) is 2. The Hall–Kier alpha value is -1.73. The SMILES string of the molecule is CC(C)[C@H](N)C(=O)N[C@@H](Cc1ccccc1)C(=O)NC[C@@H](O)CP(=O)(O)CC1CCCCC1. The molecule has 6 N–H and O–H groups in total. The standard InChI is InChI=1S/C24H40N3O5P/c1-17(2)22(25)24(30)27-21(13-18-9-5-3-6-10-18)23(29)26-14-20(28)16-33(31,32)15-19-11-7-4-8-12-19/h3,5-6,9-10,17,19-22,28H,4,7-8,11-16,25H2,1-2H3,(H,26,29)(H,27,30)(H,31,32)/t20-,21+,22+/m1/s1. The molecule has 0 saturated heterocycles. The summed E-state index contributed by atoms with van der Waals surface area (Å²) < 4.78 is 12.6. The molecule has 4 atom stereocenters. The molecule has 0 heterocycles. The minimum Gasteiger partial charge on any atom is -0.391 e. The van der Waals surface area contributed by atoms with Gasteiger partial charge in [0.05, 0.1) is 18.3 Å². The van der Waals surface area contributed by atoms with Gasteiger partial charge in [0, 0.05) is 19.1 Å². The largest absolute Gasteiger partial charge is 0.391 e. The number of nitrogens with two attached hydrogens (primary N) is 1. The van der Waals surface area contributed by atoms with E-state index in [1.807, 2.05) is 44.2 Å². The molecule has 33 heavy (non-hydrogen) atoms. The fraction of sp³-hybridized carbons (Fsp3) is 0.667. The molecule has 0 aliphatic heterocycles. The van der Waals surface area contributed by atoms with Crippen LogP contribution >= 0.6 is 7.37 Å². The van der Waals surface area contributed by atoms with Crippen LogP contribution in [-0.2, 0) is 20.6 Å². The molecule has 9 heteroatoms. The van der Waals surface area contributed by atoms with Crippen molar-refractivity contribution in [2.75, 3.05) is 18.9 Å². The van der Waals surface area contributed by atoms with Crippen molar-refractivity contribution in [3.8, 4) is 0 Å². The summed E-state index contributed by atoms with van der Waals surface area (Å²) in [6.07, 6.45) is 4.34. The van der Waals surface area contributed by atoms with Gasteiger partial charge in [-0.25, -0.2) is 0 Å². The van der Waals surface area contributed by atoms with Gasteiger partial charge in [0.25, 0.3) is 0 Å². The Morgan fingerprint density at radius 3 is 2.36 bits per heavy atom. The van der Waals surface area contributed by atoms with Crippen molar-refractivity contribution in [1.82, 2.24) is 10.6 Å². The van der Waals surface area contributed by atoms with Gasteiger partial charge in [0.2, 0.25) is 19.2 Å². The van der Waals surface area contributed by atoms with E-state index in [9.17, 15) is 24.2 Å². The third-order valence-corrected chi connectivity index (χ3v) is 8.29. The van der Waals surface area contributed by atoms with Crippen molar-refractivity contribution in [2.45, 2.75) is 70.6 Å². The van der Waals surface area contributed by atoms with Crippen molar-refractivity contribution >= 4 is 19.2 Å². The molecule has 0 aromatic heterocycles. The van der Waals surface area contributed by atoms with Gasteiger partial charge in [-0.2, -0.15) is 0 Å². The van der Waals surface area contributed by atoms with Crippen LogP contribution < -0.4 is 16.4 Å². The Kier molecular flexibility index (Phi) is 11.0. The normalized spacial score (nSPS) is 19.3. The first-order valence-corrected chi connectivity index (χ1v) is 14.0. The number of aliphatic hydroxyl groups excluding tert-OH is 1. The van der Waals surface area contributed by atoms with Gasteiger partial charge >= 0.3 is 0 Å². The fourth-order valence-corrected chi connectivity index (χ4v) is 6.32. The highest BCUT2D eigenvalue weighted by atomic mass is 31.2. The maximum atomic E-state index is 12.9. The van der Waals surface area contributed by atoms with E-state index in [0.717, 1.165) is 31.2 Å². The molecule has 0 bridgehead atoms. The van der Waals surface area contributed by atoms with E-state index in [2.05, 4.69) is 10.6 Å². The Bertz CT molecular complexity index is 799. The van der Waals surface area contributed by atoms with Crippen molar-refractivity contribution in [2.24, 2.45) is 17.6 Å². The topological polar surface area (TPSA) is 142 Å². The zero-order valence-electron chi connectivity index (χ0n) is 19.8. The van der Waals surface area contributed by atoms with Crippen LogP contribution in [0.25, 0.3) is 0 Å². The predicted octanol–water partition coefficient (Wildman–Crippen LogP) is 2.02. The Morgan fingerprint density at radius 1 is 1.12 bits per heavy atom. The van der Waals surface area contributed by atoms with Crippen LogP contribution in [0, 0.1) is 11.8 Å². The van der Waals surface area contributed by atoms with E-state index in [-0.39, 0.29) is 37.1 Å². The summed E-state index contributed by atoms with van der Waals surface area (Å²) in [5.74, 6) is -0.752. The summed E-state index contributed by atoms with van der Waals surface area (Å²) in [6, 6.07) is 7.65. The summed E-state index contributed by atoms with van der Waals surface area (Å²) in [6.45, 7) is 3.49. The third kappa shape index (κ3) is 9.97. The zero-order chi connectivity index (χ0) is 24.4. The first-order chi connectivity index (χ1) is 15.6. The predicted molar refractivity (Wildman–Crippen MR) is 130 cm³/mol. The summed E-state index contributed by atoms with van der Waals surface area (Å²) in [4.78, 5) is 35.7. The van der Waals surface area contributed by atoms with Gasteiger partial charge in [-0.3, -0.25) is 14.2 Å². The molecule has 1 saturated carbocycles. The molecule has 1 unspecified atom stereocenters. The molecule has 1 fully saturated rings. The lowest BCUT2D eigenvalue weighted by Crippen LogP contribution is -2.54. The Morgan fingerprint density at radius 2 is 1.76 bits per heavy atom. The summed E-state index contributed by atoms with van der Waals surface area (Å²) in [5.41, 5.74) is 6.79. The number of aliphatic hydroxyl groups is 1. The summed E-state index contributed by atoms with van der Waals surface area (Å²) in [7, 11) is -3.49. The highest BCUT2D eigenvalue weighted by Gasteiger charge is 2.29.